The second-order valence-electron chi connectivity index (χ2n) is 5.03. The Balaban J connectivity index is 1.61. The Hall–Kier alpha value is -2.08. The standard InChI is InChI=1S/C14H15N3O3/c1-2-6-15-10(3-1)13-16-14(20-17-13)9-4-5-11-12(7-9)19-8-18-11/h4-5,7,10,15H,1-3,6,8H2. The van der Waals surface area contributed by atoms with E-state index in [4.69, 9.17) is 14.0 Å². The summed E-state index contributed by atoms with van der Waals surface area (Å²) < 4.78 is 16.0. The molecule has 1 N–H and O–H groups in total. The van der Waals surface area contributed by atoms with E-state index in [0.717, 1.165) is 35.9 Å². The van der Waals surface area contributed by atoms with Gasteiger partial charge in [-0.3, -0.25) is 0 Å². The average molecular weight is 273 g/mol. The number of piperidine rings is 1. The minimum atomic E-state index is 0.204. The third-order valence-electron chi connectivity index (χ3n) is 3.68. The van der Waals surface area contributed by atoms with Crippen LogP contribution in [0.25, 0.3) is 11.5 Å². The minimum Gasteiger partial charge on any atom is -0.454 e. The highest BCUT2D eigenvalue weighted by molar-refractivity contribution is 5.60. The lowest BCUT2D eigenvalue weighted by atomic mass is 10.0. The molecule has 0 spiro atoms. The molecule has 3 heterocycles. The van der Waals surface area contributed by atoms with Crippen molar-refractivity contribution in [1.82, 2.24) is 15.5 Å². The third-order valence-corrected chi connectivity index (χ3v) is 3.68. The van der Waals surface area contributed by atoms with Gasteiger partial charge in [-0.05, 0) is 37.6 Å². The molecule has 20 heavy (non-hydrogen) atoms. The van der Waals surface area contributed by atoms with E-state index in [1.54, 1.807) is 0 Å². The van der Waals surface area contributed by atoms with Crippen LogP contribution in [0.4, 0.5) is 0 Å². The number of nitrogens with one attached hydrogen (secondary N) is 1. The van der Waals surface area contributed by atoms with E-state index in [0.29, 0.717) is 5.89 Å². The zero-order chi connectivity index (χ0) is 13.4. The molecule has 4 rings (SSSR count). The number of benzene rings is 1. The topological polar surface area (TPSA) is 69.4 Å². The first kappa shape index (κ1) is 11.7. The van der Waals surface area contributed by atoms with Gasteiger partial charge in [0, 0.05) is 5.56 Å². The van der Waals surface area contributed by atoms with Crippen molar-refractivity contribution in [3.8, 4) is 23.0 Å². The van der Waals surface area contributed by atoms with Crippen LogP contribution in [0.3, 0.4) is 0 Å². The molecule has 2 aliphatic rings. The van der Waals surface area contributed by atoms with Gasteiger partial charge in [-0.25, -0.2) is 0 Å². The molecule has 1 aromatic heterocycles. The molecule has 1 unspecified atom stereocenters. The summed E-state index contributed by atoms with van der Waals surface area (Å²) >= 11 is 0. The van der Waals surface area contributed by atoms with Crippen molar-refractivity contribution in [3.05, 3.63) is 24.0 Å². The van der Waals surface area contributed by atoms with Crippen molar-refractivity contribution in [2.24, 2.45) is 0 Å². The maximum Gasteiger partial charge on any atom is 0.258 e. The Labute approximate surface area is 116 Å². The Morgan fingerprint density at radius 2 is 2.10 bits per heavy atom. The Bertz CT molecular complexity index is 620. The second-order valence-corrected chi connectivity index (χ2v) is 5.03. The second kappa shape index (κ2) is 4.79. The zero-order valence-corrected chi connectivity index (χ0v) is 11.0. The van der Waals surface area contributed by atoms with E-state index in [1.165, 1.54) is 12.8 Å². The van der Waals surface area contributed by atoms with E-state index >= 15 is 0 Å². The molecule has 1 atom stereocenters. The molecule has 6 nitrogen and oxygen atoms in total. The lowest BCUT2D eigenvalue weighted by molar-refractivity contribution is 0.174. The van der Waals surface area contributed by atoms with Gasteiger partial charge in [-0.2, -0.15) is 4.98 Å². The summed E-state index contributed by atoms with van der Waals surface area (Å²) in [5.74, 6) is 2.73. The van der Waals surface area contributed by atoms with Gasteiger partial charge >= 0.3 is 0 Å². The van der Waals surface area contributed by atoms with E-state index < -0.39 is 0 Å². The number of rotatable bonds is 2. The summed E-state index contributed by atoms with van der Waals surface area (Å²) in [6.45, 7) is 1.28. The van der Waals surface area contributed by atoms with Gasteiger partial charge in [0.25, 0.3) is 5.89 Å². The summed E-state index contributed by atoms with van der Waals surface area (Å²) in [7, 11) is 0. The van der Waals surface area contributed by atoms with Crippen LogP contribution in [0.1, 0.15) is 31.1 Å². The maximum atomic E-state index is 5.37. The van der Waals surface area contributed by atoms with Crippen LogP contribution in [0, 0.1) is 0 Å². The van der Waals surface area contributed by atoms with Crippen molar-refractivity contribution >= 4 is 0 Å². The number of hydrogen-bond acceptors (Lipinski definition) is 6. The molecular weight excluding hydrogens is 258 g/mol. The Morgan fingerprint density at radius 3 is 3.00 bits per heavy atom. The highest BCUT2D eigenvalue weighted by Gasteiger charge is 2.22. The number of fused-ring (bicyclic) bond motifs is 1. The predicted octanol–water partition coefficient (Wildman–Crippen LogP) is 2.28. The lowest BCUT2D eigenvalue weighted by Crippen LogP contribution is -2.27. The third kappa shape index (κ3) is 2.02. The SMILES string of the molecule is c1cc2c(cc1-c1nc(C3CCCCN3)no1)OCO2. The molecule has 0 bridgehead atoms. The Morgan fingerprint density at radius 1 is 1.15 bits per heavy atom. The van der Waals surface area contributed by atoms with Gasteiger partial charge in [-0.15, -0.1) is 0 Å². The molecule has 1 aromatic carbocycles. The molecule has 104 valence electrons. The zero-order valence-electron chi connectivity index (χ0n) is 11.0. The first-order chi connectivity index (χ1) is 9.90. The fourth-order valence-corrected chi connectivity index (χ4v) is 2.60. The highest BCUT2D eigenvalue weighted by Crippen LogP contribution is 2.35. The van der Waals surface area contributed by atoms with E-state index in [2.05, 4.69) is 15.5 Å². The first-order valence-electron chi connectivity index (χ1n) is 6.87. The first-order valence-corrected chi connectivity index (χ1v) is 6.87. The predicted molar refractivity (Wildman–Crippen MR) is 70.5 cm³/mol. The van der Waals surface area contributed by atoms with Gasteiger partial charge < -0.3 is 19.3 Å². The molecule has 1 saturated heterocycles. The summed E-state index contributed by atoms with van der Waals surface area (Å²) in [5, 5.41) is 7.50. The van der Waals surface area contributed by atoms with Gasteiger partial charge in [-0.1, -0.05) is 11.6 Å². The van der Waals surface area contributed by atoms with E-state index in [9.17, 15) is 0 Å². The van der Waals surface area contributed by atoms with Crippen LogP contribution in [-0.2, 0) is 0 Å². The molecule has 0 aliphatic carbocycles. The van der Waals surface area contributed by atoms with Crippen LogP contribution in [-0.4, -0.2) is 23.5 Å². The molecule has 0 radical (unpaired) electrons. The summed E-state index contributed by atoms with van der Waals surface area (Å²) in [4.78, 5) is 4.49. The smallest absolute Gasteiger partial charge is 0.258 e. The number of hydrogen-bond donors (Lipinski definition) is 1. The summed E-state index contributed by atoms with van der Waals surface area (Å²) in [6, 6.07) is 5.84. The monoisotopic (exact) mass is 273 g/mol. The fourth-order valence-electron chi connectivity index (χ4n) is 2.60. The van der Waals surface area contributed by atoms with Crippen LogP contribution in [0.15, 0.2) is 22.7 Å². The molecule has 0 amide bonds. The van der Waals surface area contributed by atoms with Crippen molar-refractivity contribution in [3.63, 3.8) is 0 Å². The van der Waals surface area contributed by atoms with Crippen molar-refractivity contribution < 1.29 is 14.0 Å². The number of nitrogens with zero attached hydrogens (tertiary/aromatic N) is 2. The molecule has 6 heteroatoms. The van der Waals surface area contributed by atoms with Crippen LogP contribution in [0.2, 0.25) is 0 Å². The molecule has 1 fully saturated rings. The van der Waals surface area contributed by atoms with E-state index in [1.807, 2.05) is 18.2 Å². The number of ether oxygens (including phenoxy) is 2. The largest absolute Gasteiger partial charge is 0.454 e. The molecular formula is C14H15N3O3. The minimum absolute atomic E-state index is 0.204. The van der Waals surface area contributed by atoms with Gasteiger partial charge in [0.15, 0.2) is 17.3 Å². The Kier molecular flexibility index (Phi) is 2.81. The fraction of sp³-hybridized carbons (Fsp3) is 0.429. The molecule has 0 saturated carbocycles. The van der Waals surface area contributed by atoms with Gasteiger partial charge in [0.2, 0.25) is 6.79 Å². The number of aromatic nitrogens is 2. The summed E-state index contributed by atoms with van der Waals surface area (Å²) in [6.07, 6.45) is 3.47. The van der Waals surface area contributed by atoms with Crippen LogP contribution in [0.5, 0.6) is 11.5 Å². The maximum absolute atomic E-state index is 5.37. The van der Waals surface area contributed by atoms with Crippen LogP contribution < -0.4 is 14.8 Å². The average Bonchev–Trinajstić information content (AvgIpc) is 3.16. The van der Waals surface area contributed by atoms with Gasteiger partial charge in [0.05, 0.1) is 6.04 Å². The lowest BCUT2D eigenvalue weighted by Gasteiger charge is -2.19. The van der Waals surface area contributed by atoms with Crippen molar-refractivity contribution in [1.29, 1.82) is 0 Å². The van der Waals surface area contributed by atoms with Crippen molar-refractivity contribution in [2.75, 3.05) is 13.3 Å². The van der Waals surface area contributed by atoms with Gasteiger partial charge in [0.1, 0.15) is 0 Å². The molecule has 2 aromatic rings. The summed E-state index contributed by atoms with van der Waals surface area (Å²) in [5.41, 5.74) is 0.851. The van der Waals surface area contributed by atoms with Crippen molar-refractivity contribution in [2.45, 2.75) is 25.3 Å². The molecule has 2 aliphatic heterocycles. The van der Waals surface area contributed by atoms with E-state index in [-0.39, 0.29) is 12.8 Å². The normalized spacial score (nSPS) is 21.1. The quantitative estimate of drug-likeness (QED) is 0.905. The van der Waals surface area contributed by atoms with Crippen LogP contribution >= 0.6 is 0 Å². The highest BCUT2D eigenvalue weighted by atomic mass is 16.7.